The minimum atomic E-state index is 0.570. The Kier molecular flexibility index (Phi) is 13.2. The zero-order chi connectivity index (χ0) is 16.6. The van der Waals surface area contributed by atoms with E-state index in [1.165, 1.54) is 96.3 Å². The van der Waals surface area contributed by atoms with Crippen molar-refractivity contribution in [3.8, 4) is 0 Å². The molecule has 0 amide bonds. The number of hydrogen-bond donors (Lipinski definition) is 2. The van der Waals surface area contributed by atoms with Gasteiger partial charge in [-0.2, -0.15) is 0 Å². The molecule has 0 aliphatic rings. The summed E-state index contributed by atoms with van der Waals surface area (Å²) >= 11 is 4.95. The summed E-state index contributed by atoms with van der Waals surface area (Å²) in [5.41, 5.74) is 0. The van der Waals surface area contributed by atoms with Gasteiger partial charge < -0.3 is 0 Å². The van der Waals surface area contributed by atoms with Gasteiger partial charge in [-0.3, -0.25) is 10.2 Å². The second kappa shape index (κ2) is 14.9. The number of aromatic amines is 2. The van der Waals surface area contributed by atoms with Crippen LogP contribution in [0.4, 0.5) is 0 Å². The average molecular weight is 340 g/mol. The molecule has 1 aromatic rings. The molecule has 0 saturated carbocycles. The minimum absolute atomic E-state index is 0.570. The molecule has 0 spiro atoms. The summed E-state index contributed by atoms with van der Waals surface area (Å²) in [7, 11) is 0. The first-order valence-electron chi connectivity index (χ1n) is 9.96. The Morgan fingerprint density at radius 2 is 1.09 bits per heavy atom. The van der Waals surface area contributed by atoms with Gasteiger partial charge in [0, 0.05) is 6.42 Å². The highest BCUT2D eigenvalue weighted by Crippen LogP contribution is 2.13. The molecule has 0 saturated heterocycles. The monoisotopic (exact) mass is 339 g/mol. The van der Waals surface area contributed by atoms with E-state index in [9.17, 15) is 0 Å². The molecule has 0 aromatic carbocycles. The van der Waals surface area contributed by atoms with Crippen LogP contribution in [0.2, 0.25) is 0 Å². The first kappa shape index (κ1) is 20.4. The smallest absolute Gasteiger partial charge is 0.213 e. The average Bonchev–Trinajstić information content (AvgIpc) is 2.96. The number of nitrogens with zero attached hydrogens (tertiary/aromatic N) is 1. The summed E-state index contributed by atoms with van der Waals surface area (Å²) in [6.07, 6.45) is 22.1. The van der Waals surface area contributed by atoms with Crippen molar-refractivity contribution in [1.82, 2.24) is 15.2 Å². The molecule has 1 rings (SSSR count). The molecule has 2 N–H and O–H groups in total. The van der Waals surface area contributed by atoms with E-state index in [1.54, 1.807) is 0 Å². The molecule has 0 radical (unpaired) electrons. The van der Waals surface area contributed by atoms with Gasteiger partial charge in [-0.1, -0.05) is 96.8 Å². The van der Waals surface area contributed by atoms with Crippen molar-refractivity contribution < 1.29 is 0 Å². The predicted molar refractivity (Wildman–Crippen MR) is 102 cm³/mol. The van der Waals surface area contributed by atoms with Crippen LogP contribution in [0.5, 0.6) is 0 Å². The number of hydrogen-bond acceptors (Lipinski definition) is 2. The summed E-state index contributed by atoms with van der Waals surface area (Å²) in [6.45, 7) is 2.29. The largest absolute Gasteiger partial charge is 0.286 e. The molecule has 0 fully saturated rings. The Labute approximate surface area is 148 Å². The van der Waals surface area contributed by atoms with Gasteiger partial charge in [0.1, 0.15) is 5.82 Å². The third-order valence-electron chi connectivity index (χ3n) is 4.57. The van der Waals surface area contributed by atoms with Gasteiger partial charge in [-0.15, -0.1) is 0 Å². The maximum Gasteiger partial charge on any atom is 0.213 e. The van der Waals surface area contributed by atoms with E-state index in [0.29, 0.717) is 4.77 Å². The Morgan fingerprint density at radius 1 is 0.652 bits per heavy atom. The standard InChI is InChI=1S/C19H37N3S/c1-2-3-4-5-6-7-8-9-10-11-12-13-14-15-16-17-18-20-19(23)22-21-18/h2-17H2,1H3,(H2,20,21,22,23). The van der Waals surface area contributed by atoms with E-state index in [2.05, 4.69) is 22.1 Å². The Bertz CT molecular complexity index is 411. The molecule has 4 heteroatoms. The molecule has 3 nitrogen and oxygen atoms in total. The highest BCUT2D eigenvalue weighted by Gasteiger charge is 1.97. The summed E-state index contributed by atoms with van der Waals surface area (Å²) in [6, 6.07) is 0. The lowest BCUT2D eigenvalue weighted by molar-refractivity contribution is 0.531. The highest BCUT2D eigenvalue weighted by molar-refractivity contribution is 7.71. The van der Waals surface area contributed by atoms with Crippen molar-refractivity contribution in [3.05, 3.63) is 10.6 Å². The molecule has 0 bridgehead atoms. The van der Waals surface area contributed by atoms with Crippen molar-refractivity contribution in [2.75, 3.05) is 0 Å². The SMILES string of the molecule is CCCCCCCCCCCCCCCCCc1nc(=S)[nH][nH]1. The van der Waals surface area contributed by atoms with Gasteiger partial charge >= 0.3 is 0 Å². The van der Waals surface area contributed by atoms with Crippen LogP contribution in [0.3, 0.4) is 0 Å². The second-order valence-electron chi connectivity index (χ2n) is 6.81. The minimum Gasteiger partial charge on any atom is -0.286 e. The van der Waals surface area contributed by atoms with E-state index in [0.717, 1.165) is 12.2 Å². The predicted octanol–water partition coefficient (Wildman–Crippen LogP) is 6.88. The number of unbranched alkanes of at least 4 members (excludes halogenated alkanes) is 14. The summed E-state index contributed by atoms with van der Waals surface area (Å²) in [4.78, 5) is 4.22. The molecule has 0 atom stereocenters. The topological polar surface area (TPSA) is 44.5 Å². The molecule has 23 heavy (non-hydrogen) atoms. The molecule has 0 aliphatic heterocycles. The zero-order valence-corrected chi connectivity index (χ0v) is 16.0. The van der Waals surface area contributed by atoms with Crippen LogP contribution < -0.4 is 0 Å². The van der Waals surface area contributed by atoms with Crippen LogP contribution >= 0.6 is 12.2 Å². The maximum absolute atomic E-state index is 4.95. The van der Waals surface area contributed by atoms with E-state index in [4.69, 9.17) is 12.2 Å². The van der Waals surface area contributed by atoms with E-state index < -0.39 is 0 Å². The fraction of sp³-hybridized carbons (Fsp3) is 0.895. The van der Waals surface area contributed by atoms with Crippen molar-refractivity contribution in [2.45, 2.75) is 110 Å². The van der Waals surface area contributed by atoms with E-state index >= 15 is 0 Å². The van der Waals surface area contributed by atoms with Gasteiger partial charge in [-0.05, 0) is 18.6 Å². The maximum atomic E-state index is 4.95. The third-order valence-corrected chi connectivity index (χ3v) is 4.76. The molecule has 1 heterocycles. The highest BCUT2D eigenvalue weighted by atomic mass is 32.1. The summed E-state index contributed by atoms with van der Waals surface area (Å²) in [5, 5.41) is 5.86. The summed E-state index contributed by atoms with van der Waals surface area (Å²) in [5.74, 6) is 1.00. The zero-order valence-electron chi connectivity index (χ0n) is 15.2. The van der Waals surface area contributed by atoms with E-state index in [1.807, 2.05) is 0 Å². The molecule has 1 aromatic heterocycles. The molecule has 0 aliphatic carbocycles. The Morgan fingerprint density at radius 3 is 1.48 bits per heavy atom. The Balaban J connectivity index is 1.72. The van der Waals surface area contributed by atoms with Crippen LogP contribution in [0, 0.1) is 4.77 Å². The fourth-order valence-electron chi connectivity index (χ4n) is 3.09. The Hall–Kier alpha value is -0.640. The van der Waals surface area contributed by atoms with Gasteiger partial charge in [0.25, 0.3) is 0 Å². The molecule has 0 unspecified atom stereocenters. The van der Waals surface area contributed by atoms with Crippen molar-refractivity contribution in [1.29, 1.82) is 0 Å². The van der Waals surface area contributed by atoms with Crippen LogP contribution in [0.25, 0.3) is 0 Å². The molecule has 134 valence electrons. The molecular formula is C19H37N3S. The van der Waals surface area contributed by atoms with Crippen LogP contribution in [0.1, 0.15) is 109 Å². The van der Waals surface area contributed by atoms with Crippen LogP contribution in [-0.2, 0) is 6.42 Å². The number of nitrogens with one attached hydrogen (secondary N) is 2. The van der Waals surface area contributed by atoms with Gasteiger partial charge in [0.15, 0.2) is 0 Å². The number of aryl methyl sites for hydroxylation is 1. The molecular weight excluding hydrogens is 302 g/mol. The number of H-pyrrole nitrogens is 2. The van der Waals surface area contributed by atoms with Crippen LogP contribution in [0.15, 0.2) is 0 Å². The van der Waals surface area contributed by atoms with Gasteiger partial charge in [-0.25, -0.2) is 4.98 Å². The quantitative estimate of drug-likeness (QED) is 0.254. The number of rotatable bonds is 16. The first-order chi connectivity index (χ1) is 11.3. The summed E-state index contributed by atoms with van der Waals surface area (Å²) < 4.78 is 0.570. The lowest BCUT2D eigenvalue weighted by Crippen LogP contribution is -1.89. The fourth-order valence-corrected chi connectivity index (χ4v) is 3.25. The third kappa shape index (κ3) is 12.4. The van der Waals surface area contributed by atoms with Crippen LogP contribution in [-0.4, -0.2) is 15.2 Å². The van der Waals surface area contributed by atoms with Crippen molar-refractivity contribution in [2.24, 2.45) is 0 Å². The van der Waals surface area contributed by atoms with Gasteiger partial charge in [0.2, 0.25) is 4.77 Å². The lowest BCUT2D eigenvalue weighted by atomic mass is 10.0. The normalized spacial score (nSPS) is 11.2. The van der Waals surface area contributed by atoms with E-state index in [-0.39, 0.29) is 0 Å². The van der Waals surface area contributed by atoms with Crippen molar-refractivity contribution >= 4 is 12.2 Å². The number of aromatic nitrogens is 3. The lowest BCUT2D eigenvalue weighted by Gasteiger charge is -2.03. The second-order valence-corrected chi connectivity index (χ2v) is 7.20. The van der Waals surface area contributed by atoms with Crippen molar-refractivity contribution in [3.63, 3.8) is 0 Å². The van der Waals surface area contributed by atoms with Gasteiger partial charge in [0.05, 0.1) is 0 Å². The first-order valence-corrected chi connectivity index (χ1v) is 10.4.